The number of nitrogens with one attached hydrogen (secondary N) is 1. The summed E-state index contributed by atoms with van der Waals surface area (Å²) in [5, 5.41) is 3.12. The maximum Gasteiger partial charge on any atom is 0.322 e. The Hall–Kier alpha value is -3.01. The molecule has 2 heterocycles. The summed E-state index contributed by atoms with van der Waals surface area (Å²) in [4.78, 5) is 15.1. The zero-order valence-corrected chi connectivity index (χ0v) is 15.9. The summed E-state index contributed by atoms with van der Waals surface area (Å²) in [5.41, 5.74) is 5.60. The zero-order valence-electron chi connectivity index (χ0n) is 15.9. The van der Waals surface area contributed by atoms with Gasteiger partial charge in [0.15, 0.2) is 0 Å². The van der Waals surface area contributed by atoms with E-state index in [2.05, 4.69) is 65.5 Å². The number of fused-ring (bicyclic) bond motifs is 1. The lowest BCUT2D eigenvalue weighted by atomic mass is 10.0. The largest absolute Gasteiger partial charge is 0.348 e. The molecule has 0 unspecified atom stereocenters. The lowest BCUT2D eigenvalue weighted by Gasteiger charge is -2.37. The molecule has 0 saturated heterocycles. The first-order valence-corrected chi connectivity index (χ1v) is 9.45. The molecule has 1 N–H and O–H groups in total. The van der Waals surface area contributed by atoms with Crippen molar-refractivity contribution in [2.45, 2.75) is 32.9 Å². The van der Waals surface area contributed by atoms with Crippen molar-refractivity contribution in [3.05, 3.63) is 89.2 Å². The van der Waals surface area contributed by atoms with Gasteiger partial charge in [0.05, 0.1) is 6.04 Å². The number of carbonyl (C=O) groups excluding carboxylic acids is 1. The Bertz CT molecular complexity index is 945. The molecule has 0 aliphatic carbocycles. The van der Waals surface area contributed by atoms with E-state index in [0.29, 0.717) is 6.54 Å². The number of carbonyl (C=O) groups is 1. The van der Waals surface area contributed by atoms with Gasteiger partial charge in [0.1, 0.15) is 0 Å². The Morgan fingerprint density at radius 1 is 1.04 bits per heavy atom. The van der Waals surface area contributed by atoms with Crippen LogP contribution in [0.2, 0.25) is 0 Å². The van der Waals surface area contributed by atoms with Gasteiger partial charge in [-0.15, -0.1) is 0 Å². The van der Waals surface area contributed by atoms with Crippen molar-refractivity contribution in [1.82, 2.24) is 9.47 Å². The van der Waals surface area contributed by atoms with E-state index in [-0.39, 0.29) is 12.1 Å². The van der Waals surface area contributed by atoms with E-state index in [1.165, 1.54) is 16.8 Å². The number of amides is 2. The smallest absolute Gasteiger partial charge is 0.322 e. The number of anilines is 1. The highest BCUT2D eigenvalue weighted by atomic mass is 16.2. The molecule has 1 aromatic heterocycles. The molecule has 0 bridgehead atoms. The summed E-state index contributed by atoms with van der Waals surface area (Å²) >= 11 is 0. The average Bonchev–Trinajstić information content (AvgIpc) is 3.14. The van der Waals surface area contributed by atoms with Crippen molar-refractivity contribution < 1.29 is 4.79 Å². The van der Waals surface area contributed by atoms with Crippen molar-refractivity contribution >= 4 is 11.7 Å². The average molecular weight is 359 g/mol. The Morgan fingerprint density at radius 2 is 1.85 bits per heavy atom. The van der Waals surface area contributed by atoms with Crippen LogP contribution in [-0.2, 0) is 13.0 Å². The summed E-state index contributed by atoms with van der Waals surface area (Å²) < 4.78 is 2.26. The third kappa shape index (κ3) is 3.61. The number of rotatable bonds is 3. The first-order chi connectivity index (χ1) is 13.1. The molecule has 0 saturated carbocycles. The van der Waals surface area contributed by atoms with Crippen molar-refractivity contribution in [2.24, 2.45) is 0 Å². The fraction of sp³-hybridized carbons (Fsp3) is 0.261. The number of benzene rings is 2. The normalized spacial score (nSPS) is 16.1. The molecular formula is C23H25N3O. The van der Waals surface area contributed by atoms with Gasteiger partial charge >= 0.3 is 6.03 Å². The van der Waals surface area contributed by atoms with Crippen LogP contribution in [0.15, 0.2) is 66.9 Å². The van der Waals surface area contributed by atoms with Crippen molar-refractivity contribution in [2.75, 3.05) is 11.9 Å². The molecule has 0 spiro atoms. The maximum absolute atomic E-state index is 13.1. The molecule has 4 heteroatoms. The molecule has 2 aromatic carbocycles. The first-order valence-electron chi connectivity index (χ1n) is 9.45. The van der Waals surface area contributed by atoms with Gasteiger partial charge in [-0.05, 0) is 49.6 Å². The number of nitrogens with zero attached hydrogens (tertiary/aromatic N) is 2. The second-order valence-corrected chi connectivity index (χ2v) is 7.27. The van der Waals surface area contributed by atoms with Crippen molar-refractivity contribution in [1.29, 1.82) is 0 Å². The molecule has 1 atom stereocenters. The Kier molecular flexibility index (Phi) is 4.71. The molecule has 0 radical (unpaired) electrons. The monoisotopic (exact) mass is 359 g/mol. The van der Waals surface area contributed by atoms with Gasteiger partial charge in [-0.2, -0.15) is 0 Å². The first kappa shape index (κ1) is 17.4. The minimum Gasteiger partial charge on any atom is -0.348 e. The van der Waals surface area contributed by atoms with Crippen LogP contribution in [0.25, 0.3) is 0 Å². The number of aryl methyl sites for hydroxylation is 2. The number of hydrogen-bond donors (Lipinski definition) is 1. The van der Waals surface area contributed by atoms with Gasteiger partial charge < -0.3 is 14.8 Å². The standard InChI is InChI=1S/C23H25N3O/c1-17-10-11-20(18(2)15-17)24-23(27)26-14-13-25-12-6-9-21(25)22(26)16-19-7-4-3-5-8-19/h3-12,15,22H,13-14,16H2,1-2H3,(H,24,27)/t22-/m1/s1. The molecule has 0 fully saturated rings. The van der Waals surface area contributed by atoms with Crippen LogP contribution in [0.5, 0.6) is 0 Å². The van der Waals surface area contributed by atoms with E-state index in [4.69, 9.17) is 0 Å². The summed E-state index contributed by atoms with van der Waals surface area (Å²) in [5.74, 6) is 0. The van der Waals surface area contributed by atoms with Crippen LogP contribution in [0, 0.1) is 13.8 Å². The molecular weight excluding hydrogens is 334 g/mol. The third-order valence-electron chi connectivity index (χ3n) is 5.32. The van der Waals surface area contributed by atoms with Gasteiger partial charge in [-0.25, -0.2) is 4.79 Å². The Labute approximate surface area is 160 Å². The van der Waals surface area contributed by atoms with E-state index >= 15 is 0 Å². The number of urea groups is 1. The summed E-state index contributed by atoms with van der Waals surface area (Å²) in [6.07, 6.45) is 2.91. The molecule has 3 aromatic rings. The molecule has 4 rings (SSSR count). The lowest BCUT2D eigenvalue weighted by molar-refractivity contribution is 0.167. The van der Waals surface area contributed by atoms with E-state index < -0.39 is 0 Å². The van der Waals surface area contributed by atoms with Gasteiger partial charge in [-0.1, -0.05) is 48.0 Å². The summed E-state index contributed by atoms with van der Waals surface area (Å²) in [6, 6.07) is 20.7. The highest BCUT2D eigenvalue weighted by Crippen LogP contribution is 2.30. The van der Waals surface area contributed by atoms with Crippen LogP contribution in [0.4, 0.5) is 10.5 Å². The SMILES string of the molecule is Cc1ccc(NC(=O)N2CCn3cccc3[C@H]2Cc2ccccc2)c(C)c1. The molecule has 2 amide bonds. The quantitative estimate of drug-likeness (QED) is 0.707. The van der Waals surface area contributed by atoms with Crippen LogP contribution < -0.4 is 5.32 Å². The fourth-order valence-electron chi connectivity index (χ4n) is 3.90. The topological polar surface area (TPSA) is 37.3 Å². The van der Waals surface area contributed by atoms with Gasteiger partial charge in [0.2, 0.25) is 0 Å². The molecule has 1 aliphatic heterocycles. The molecule has 27 heavy (non-hydrogen) atoms. The third-order valence-corrected chi connectivity index (χ3v) is 5.32. The van der Waals surface area contributed by atoms with Crippen LogP contribution in [-0.4, -0.2) is 22.0 Å². The van der Waals surface area contributed by atoms with E-state index in [1.54, 1.807) is 0 Å². The van der Waals surface area contributed by atoms with Gasteiger partial charge in [0, 0.05) is 30.7 Å². The van der Waals surface area contributed by atoms with Crippen LogP contribution in [0.3, 0.4) is 0 Å². The lowest BCUT2D eigenvalue weighted by Crippen LogP contribution is -2.44. The second-order valence-electron chi connectivity index (χ2n) is 7.27. The van der Waals surface area contributed by atoms with E-state index in [0.717, 1.165) is 24.2 Å². The predicted molar refractivity (Wildman–Crippen MR) is 109 cm³/mol. The number of hydrogen-bond acceptors (Lipinski definition) is 1. The minimum absolute atomic E-state index is 0.0295. The van der Waals surface area contributed by atoms with Crippen molar-refractivity contribution in [3.8, 4) is 0 Å². The Balaban J connectivity index is 1.60. The van der Waals surface area contributed by atoms with Crippen LogP contribution in [0.1, 0.15) is 28.4 Å². The summed E-state index contributed by atoms with van der Waals surface area (Å²) in [6.45, 7) is 5.63. The zero-order chi connectivity index (χ0) is 18.8. The Morgan fingerprint density at radius 3 is 2.63 bits per heavy atom. The second kappa shape index (κ2) is 7.31. The van der Waals surface area contributed by atoms with Crippen LogP contribution >= 0.6 is 0 Å². The molecule has 1 aliphatic rings. The highest BCUT2D eigenvalue weighted by molar-refractivity contribution is 5.90. The van der Waals surface area contributed by atoms with Crippen molar-refractivity contribution in [3.63, 3.8) is 0 Å². The highest BCUT2D eigenvalue weighted by Gasteiger charge is 2.31. The maximum atomic E-state index is 13.1. The molecule has 4 nitrogen and oxygen atoms in total. The summed E-state index contributed by atoms with van der Waals surface area (Å²) in [7, 11) is 0. The number of aromatic nitrogens is 1. The van der Waals surface area contributed by atoms with E-state index in [9.17, 15) is 4.79 Å². The minimum atomic E-state index is -0.0321. The van der Waals surface area contributed by atoms with Gasteiger partial charge in [0.25, 0.3) is 0 Å². The predicted octanol–water partition coefficient (Wildman–Crippen LogP) is 4.94. The van der Waals surface area contributed by atoms with Gasteiger partial charge in [-0.3, -0.25) is 0 Å². The molecule has 138 valence electrons. The van der Waals surface area contributed by atoms with E-state index in [1.807, 2.05) is 30.0 Å². The fourth-order valence-corrected chi connectivity index (χ4v) is 3.90.